The van der Waals surface area contributed by atoms with Gasteiger partial charge in [0.1, 0.15) is 18.4 Å². The van der Waals surface area contributed by atoms with Gasteiger partial charge in [0.2, 0.25) is 0 Å². The minimum absolute atomic E-state index is 0.0555. The van der Waals surface area contributed by atoms with Crippen molar-refractivity contribution in [2.24, 2.45) is 0 Å². The molecule has 1 amide bonds. The Balaban J connectivity index is 2.09. The molecule has 0 radical (unpaired) electrons. The van der Waals surface area contributed by atoms with Crippen molar-refractivity contribution in [2.45, 2.75) is 26.0 Å². The third-order valence-electron chi connectivity index (χ3n) is 4.29. The predicted molar refractivity (Wildman–Crippen MR) is 113 cm³/mol. The van der Waals surface area contributed by atoms with Gasteiger partial charge in [0.25, 0.3) is 5.91 Å². The van der Waals surface area contributed by atoms with Gasteiger partial charge >= 0.3 is 5.97 Å². The summed E-state index contributed by atoms with van der Waals surface area (Å²) in [6.07, 6.45) is 2.38. The molecule has 0 aliphatic rings. The largest absolute Gasteiger partial charge is 0.496 e. The first-order valence-electron chi connectivity index (χ1n) is 9.15. The van der Waals surface area contributed by atoms with E-state index in [1.807, 2.05) is 12.3 Å². The lowest BCUT2D eigenvalue weighted by Gasteiger charge is -2.18. The first-order valence-corrected chi connectivity index (χ1v) is 10.5. The third-order valence-corrected chi connectivity index (χ3v) is 4.94. The van der Waals surface area contributed by atoms with Crippen LogP contribution in [0.2, 0.25) is 0 Å². The Bertz CT molecular complexity index is 854. The highest BCUT2D eigenvalue weighted by Gasteiger charge is 2.23. The molecule has 1 atom stereocenters. The maximum Gasteiger partial charge on any atom is 0.329 e. The zero-order valence-corrected chi connectivity index (χ0v) is 17.6. The Morgan fingerprint density at radius 3 is 2.41 bits per heavy atom. The maximum atomic E-state index is 12.7. The summed E-state index contributed by atoms with van der Waals surface area (Å²) in [5.74, 6) is 0.270. The van der Waals surface area contributed by atoms with Gasteiger partial charge in [-0.05, 0) is 55.7 Å². The predicted octanol–water partition coefficient (Wildman–Crippen LogP) is 3.49. The summed E-state index contributed by atoms with van der Waals surface area (Å²) in [6, 6.07) is 12.9. The average Bonchev–Trinajstić information content (AvgIpc) is 2.75. The van der Waals surface area contributed by atoms with E-state index in [2.05, 4.69) is 5.32 Å². The van der Waals surface area contributed by atoms with E-state index >= 15 is 0 Å². The van der Waals surface area contributed by atoms with Crippen molar-refractivity contribution in [2.75, 3.05) is 19.1 Å². The fourth-order valence-electron chi connectivity index (χ4n) is 2.68. The van der Waals surface area contributed by atoms with Gasteiger partial charge in [0.15, 0.2) is 5.78 Å². The molecule has 0 aliphatic carbocycles. The Hall–Kier alpha value is -2.80. The van der Waals surface area contributed by atoms with Crippen LogP contribution >= 0.6 is 11.8 Å². The van der Waals surface area contributed by atoms with Crippen molar-refractivity contribution in [3.63, 3.8) is 0 Å². The van der Waals surface area contributed by atoms with Crippen LogP contribution in [0.1, 0.15) is 39.6 Å². The van der Waals surface area contributed by atoms with Crippen molar-refractivity contribution in [3.05, 3.63) is 65.2 Å². The van der Waals surface area contributed by atoms with Gasteiger partial charge in [-0.2, -0.15) is 11.8 Å². The summed E-state index contributed by atoms with van der Waals surface area (Å²) in [7, 11) is 1.51. The van der Waals surface area contributed by atoms with Crippen LogP contribution in [0.25, 0.3) is 0 Å². The number of carbonyl (C=O) groups excluding carboxylic acids is 3. The molecule has 0 spiro atoms. The SMILES string of the molecule is COc1ccc(C(C)=O)cc1COC(=O)[C@@H](CCSC)NC(=O)c1ccccc1. The third kappa shape index (κ3) is 6.64. The zero-order valence-electron chi connectivity index (χ0n) is 16.8. The normalized spacial score (nSPS) is 11.4. The first-order chi connectivity index (χ1) is 14.0. The second kappa shape index (κ2) is 11.3. The molecule has 0 saturated heterocycles. The van der Waals surface area contributed by atoms with Gasteiger partial charge in [-0.1, -0.05) is 18.2 Å². The summed E-state index contributed by atoms with van der Waals surface area (Å²) in [6.45, 7) is 1.41. The number of methoxy groups -OCH3 is 1. The van der Waals surface area contributed by atoms with Crippen molar-refractivity contribution in [3.8, 4) is 5.75 Å². The van der Waals surface area contributed by atoms with Crippen LogP contribution in [0.3, 0.4) is 0 Å². The minimum Gasteiger partial charge on any atom is -0.496 e. The number of benzene rings is 2. The highest BCUT2D eigenvalue weighted by molar-refractivity contribution is 7.98. The van der Waals surface area contributed by atoms with E-state index in [-0.39, 0.29) is 18.3 Å². The minimum atomic E-state index is -0.767. The number of rotatable bonds is 10. The first kappa shape index (κ1) is 22.5. The zero-order chi connectivity index (χ0) is 21.2. The number of hydrogen-bond donors (Lipinski definition) is 1. The molecule has 0 aliphatic heterocycles. The fourth-order valence-corrected chi connectivity index (χ4v) is 3.15. The summed E-state index contributed by atoms with van der Waals surface area (Å²) in [4.78, 5) is 36.7. The number of esters is 1. The topological polar surface area (TPSA) is 81.7 Å². The lowest BCUT2D eigenvalue weighted by Crippen LogP contribution is -2.42. The Morgan fingerprint density at radius 2 is 1.79 bits per heavy atom. The molecule has 29 heavy (non-hydrogen) atoms. The Labute approximate surface area is 175 Å². The number of amides is 1. The molecule has 0 saturated carbocycles. The van der Waals surface area contributed by atoms with Crippen LogP contribution < -0.4 is 10.1 Å². The van der Waals surface area contributed by atoms with E-state index in [4.69, 9.17) is 9.47 Å². The number of thioether (sulfide) groups is 1. The molecule has 0 bridgehead atoms. The number of Topliss-reactive ketones (excluding diaryl/α,β-unsaturated/α-hetero) is 1. The number of ether oxygens (including phenoxy) is 2. The molecule has 0 heterocycles. The van der Waals surface area contributed by atoms with Gasteiger partial charge in [0.05, 0.1) is 7.11 Å². The quantitative estimate of drug-likeness (QED) is 0.473. The van der Waals surface area contributed by atoms with Crippen LogP contribution in [0.4, 0.5) is 0 Å². The molecule has 6 nitrogen and oxygen atoms in total. The number of nitrogens with one attached hydrogen (secondary N) is 1. The standard InChI is InChI=1S/C22H25NO5S/c1-15(24)17-9-10-20(27-2)18(13-17)14-28-22(26)19(11-12-29-3)23-21(25)16-7-5-4-6-8-16/h4-10,13,19H,11-12,14H2,1-3H3,(H,23,25)/t19-/m1/s1. The lowest BCUT2D eigenvalue weighted by molar-refractivity contribution is -0.147. The van der Waals surface area contributed by atoms with Gasteiger partial charge < -0.3 is 14.8 Å². The fraction of sp³-hybridized carbons (Fsp3) is 0.318. The maximum absolute atomic E-state index is 12.7. The molecule has 0 fully saturated rings. The van der Waals surface area contributed by atoms with Crippen LogP contribution in [-0.4, -0.2) is 42.8 Å². The van der Waals surface area contributed by atoms with Crippen molar-refractivity contribution in [1.82, 2.24) is 5.32 Å². The molecular formula is C22H25NO5S. The average molecular weight is 416 g/mol. The summed E-state index contributed by atoms with van der Waals surface area (Å²) < 4.78 is 10.7. The lowest BCUT2D eigenvalue weighted by atomic mass is 10.1. The highest BCUT2D eigenvalue weighted by Crippen LogP contribution is 2.21. The summed E-state index contributed by atoms with van der Waals surface area (Å²) in [5.41, 5.74) is 1.57. The van der Waals surface area contributed by atoms with Crippen LogP contribution in [0, 0.1) is 0 Å². The Kier molecular flexibility index (Phi) is 8.73. The molecule has 2 rings (SSSR count). The van der Waals surface area contributed by atoms with Gasteiger partial charge in [-0.15, -0.1) is 0 Å². The van der Waals surface area contributed by atoms with Crippen LogP contribution in [0.15, 0.2) is 48.5 Å². The van der Waals surface area contributed by atoms with Crippen LogP contribution in [0.5, 0.6) is 5.75 Å². The molecule has 2 aromatic rings. The molecule has 0 aromatic heterocycles. The van der Waals surface area contributed by atoms with E-state index in [0.29, 0.717) is 34.6 Å². The number of carbonyl (C=O) groups is 3. The molecule has 1 N–H and O–H groups in total. The summed E-state index contributed by atoms with van der Waals surface area (Å²) in [5, 5.41) is 2.75. The van der Waals surface area contributed by atoms with Crippen LogP contribution in [-0.2, 0) is 16.1 Å². The van der Waals surface area contributed by atoms with E-state index in [9.17, 15) is 14.4 Å². The molecule has 2 aromatic carbocycles. The van der Waals surface area contributed by atoms with Crippen molar-refractivity contribution < 1.29 is 23.9 Å². The molecule has 0 unspecified atom stereocenters. The van der Waals surface area contributed by atoms with E-state index in [1.54, 1.807) is 54.2 Å². The highest BCUT2D eigenvalue weighted by atomic mass is 32.2. The van der Waals surface area contributed by atoms with Gasteiger partial charge in [0, 0.05) is 16.7 Å². The van der Waals surface area contributed by atoms with Gasteiger partial charge in [-0.3, -0.25) is 9.59 Å². The van der Waals surface area contributed by atoms with Crippen molar-refractivity contribution >= 4 is 29.4 Å². The monoisotopic (exact) mass is 415 g/mol. The molecule has 154 valence electrons. The number of hydrogen-bond acceptors (Lipinski definition) is 6. The molecular weight excluding hydrogens is 390 g/mol. The van der Waals surface area contributed by atoms with E-state index in [0.717, 1.165) is 0 Å². The number of ketones is 1. The molecule has 7 heteroatoms. The second-order valence-corrected chi connectivity index (χ2v) is 7.35. The Morgan fingerprint density at radius 1 is 1.07 bits per heavy atom. The van der Waals surface area contributed by atoms with Crippen molar-refractivity contribution in [1.29, 1.82) is 0 Å². The second-order valence-electron chi connectivity index (χ2n) is 6.36. The smallest absolute Gasteiger partial charge is 0.329 e. The van der Waals surface area contributed by atoms with E-state index < -0.39 is 12.0 Å². The summed E-state index contributed by atoms with van der Waals surface area (Å²) >= 11 is 1.58. The van der Waals surface area contributed by atoms with Gasteiger partial charge in [-0.25, -0.2) is 4.79 Å². The van der Waals surface area contributed by atoms with E-state index in [1.165, 1.54) is 14.0 Å².